The Morgan fingerprint density at radius 3 is 2.22 bits per heavy atom. The van der Waals surface area contributed by atoms with E-state index in [1.165, 1.54) is 5.56 Å². The first-order chi connectivity index (χ1) is 15.4. The standard InChI is InChI=1S/C25H22N2O4S/c1-2-18-8-12-20(13-9-18)23-16-24(31-27-23)26-25(28)21-14-10-19(11-15-21)17-32(29,30)22-6-4-3-5-7-22/h3-16H,2,17H2,1H3,(H,26,28). The molecule has 4 aromatic rings. The van der Waals surface area contributed by atoms with Crippen LogP contribution in [0.4, 0.5) is 5.88 Å². The Kier molecular flexibility index (Phi) is 6.18. The highest BCUT2D eigenvalue weighted by molar-refractivity contribution is 7.90. The third-order valence-corrected chi connectivity index (χ3v) is 6.78. The predicted molar refractivity (Wildman–Crippen MR) is 123 cm³/mol. The van der Waals surface area contributed by atoms with Gasteiger partial charge in [-0.15, -0.1) is 0 Å². The van der Waals surface area contributed by atoms with Crippen LogP contribution < -0.4 is 5.32 Å². The van der Waals surface area contributed by atoms with Crippen molar-refractivity contribution in [1.29, 1.82) is 0 Å². The van der Waals surface area contributed by atoms with E-state index in [0.717, 1.165) is 12.0 Å². The highest BCUT2D eigenvalue weighted by atomic mass is 32.2. The van der Waals surface area contributed by atoms with Crippen LogP contribution in [-0.4, -0.2) is 19.5 Å². The lowest BCUT2D eigenvalue weighted by atomic mass is 10.1. The van der Waals surface area contributed by atoms with Crippen molar-refractivity contribution in [3.05, 3.63) is 102 Å². The number of hydrogen-bond donors (Lipinski definition) is 1. The van der Waals surface area contributed by atoms with Crippen LogP contribution in [0.1, 0.15) is 28.4 Å². The van der Waals surface area contributed by atoms with Crippen molar-refractivity contribution >= 4 is 21.6 Å². The molecule has 1 aromatic heterocycles. The molecule has 0 saturated heterocycles. The molecule has 0 saturated carbocycles. The van der Waals surface area contributed by atoms with Crippen LogP contribution in [-0.2, 0) is 22.0 Å². The third kappa shape index (κ3) is 4.95. The lowest BCUT2D eigenvalue weighted by molar-refractivity contribution is 0.102. The molecule has 7 heteroatoms. The van der Waals surface area contributed by atoms with E-state index in [9.17, 15) is 13.2 Å². The summed E-state index contributed by atoms with van der Waals surface area (Å²) >= 11 is 0. The molecule has 0 spiro atoms. The molecule has 32 heavy (non-hydrogen) atoms. The van der Waals surface area contributed by atoms with E-state index >= 15 is 0 Å². The molecule has 162 valence electrons. The molecule has 0 atom stereocenters. The summed E-state index contributed by atoms with van der Waals surface area (Å²) in [5.41, 5.74) is 3.74. The van der Waals surface area contributed by atoms with Crippen LogP contribution in [0.25, 0.3) is 11.3 Å². The molecule has 6 nitrogen and oxygen atoms in total. The van der Waals surface area contributed by atoms with E-state index in [2.05, 4.69) is 17.4 Å². The number of aromatic nitrogens is 1. The van der Waals surface area contributed by atoms with E-state index in [-0.39, 0.29) is 22.4 Å². The number of rotatable bonds is 7. The lowest BCUT2D eigenvalue weighted by Gasteiger charge is -2.06. The van der Waals surface area contributed by atoms with Gasteiger partial charge in [0.2, 0.25) is 5.88 Å². The first kappa shape index (κ1) is 21.5. The van der Waals surface area contributed by atoms with Crippen LogP contribution in [0.3, 0.4) is 0 Å². The highest BCUT2D eigenvalue weighted by Crippen LogP contribution is 2.23. The second-order valence-electron chi connectivity index (χ2n) is 7.35. The zero-order valence-electron chi connectivity index (χ0n) is 17.5. The summed E-state index contributed by atoms with van der Waals surface area (Å²) in [5.74, 6) is -0.270. The molecular weight excluding hydrogens is 424 g/mol. The fourth-order valence-electron chi connectivity index (χ4n) is 3.25. The van der Waals surface area contributed by atoms with E-state index in [1.807, 2.05) is 24.3 Å². The van der Waals surface area contributed by atoms with E-state index in [0.29, 0.717) is 16.8 Å². The molecule has 0 bridgehead atoms. The zero-order valence-corrected chi connectivity index (χ0v) is 18.3. The molecule has 0 aliphatic rings. The van der Waals surface area contributed by atoms with Crippen molar-refractivity contribution in [2.24, 2.45) is 0 Å². The monoisotopic (exact) mass is 446 g/mol. The number of carbonyl (C=O) groups excluding carboxylic acids is 1. The highest BCUT2D eigenvalue weighted by Gasteiger charge is 2.16. The molecule has 0 aliphatic heterocycles. The molecule has 0 radical (unpaired) electrons. The van der Waals surface area contributed by atoms with Crippen molar-refractivity contribution in [1.82, 2.24) is 5.16 Å². The maximum Gasteiger partial charge on any atom is 0.258 e. The minimum absolute atomic E-state index is 0.138. The minimum Gasteiger partial charge on any atom is -0.338 e. The van der Waals surface area contributed by atoms with Gasteiger partial charge in [-0.25, -0.2) is 8.42 Å². The molecular formula is C25H22N2O4S. The van der Waals surface area contributed by atoms with Crippen molar-refractivity contribution in [3.63, 3.8) is 0 Å². The van der Waals surface area contributed by atoms with Gasteiger partial charge < -0.3 is 4.52 Å². The molecule has 0 unspecified atom stereocenters. The fourth-order valence-corrected chi connectivity index (χ4v) is 4.62. The number of aryl methyl sites for hydroxylation is 1. The van der Waals surface area contributed by atoms with Gasteiger partial charge in [-0.3, -0.25) is 10.1 Å². The average molecular weight is 447 g/mol. The number of amides is 1. The first-order valence-corrected chi connectivity index (χ1v) is 11.8. The van der Waals surface area contributed by atoms with Gasteiger partial charge in [-0.2, -0.15) is 0 Å². The number of benzene rings is 3. The number of nitrogens with zero attached hydrogens (tertiary/aromatic N) is 1. The van der Waals surface area contributed by atoms with Crippen LogP contribution in [0.5, 0.6) is 0 Å². The summed E-state index contributed by atoms with van der Waals surface area (Å²) in [7, 11) is -3.45. The number of nitrogens with one attached hydrogen (secondary N) is 1. The van der Waals surface area contributed by atoms with Gasteiger partial charge in [0, 0.05) is 17.2 Å². The van der Waals surface area contributed by atoms with Crippen molar-refractivity contribution in [2.45, 2.75) is 24.0 Å². The predicted octanol–water partition coefficient (Wildman–Crippen LogP) is 5.13. The van der Waals surface area contributed by atoms with Crippen LogP contribution in [0.15, 0.2) is 94.3 Å². The number of sulfone groups is 1. The topological polar surface area (TPSA) is 89.3 Å². The molecule has 4 rings (SSSR count). The van der Waals surface area contributed by atoms with Gasteiger partial charge >= 0.3 is 0 Å². The molecule has 1 amide bonds. The van der Waals surface area contributed by atoms with Crippen molar-refractivity contribution in [3.8, 4) is 11.3 Å². The van der Waals surface area contributed by atoms with Gasteiger partial charge in [0.15, 0.2) is 9.84 Å². The van der Waals surface area contributed by atoms with Crippen LogP contribution in [0.2, 0.25) is 0 Å². The summed E-state index contributed by atoms with van der Waals surface area (Å²) < 4.78 is 30.3. The summed E-state index contributed by atoms with van der Waals surface area (Å²) in [6.07, 6.45) is 0.956. The van der Waals surface area contributed by atoms with Crippen LogP contribution >= 0.6 is 0 Å². The average Bonchev–Trinajstić information content (AvgIpc) is 3.28. The van der Waals surface area contributed by atoms with Crippen molar-refractivity contribution in [2.75, 3.05) is 5.32 Å². The van der Waals surface area contributed by atoms with Crippen molar-refractivity contribution < 1.29 is 17.7 Å². The summed E-state index contributed by atoms with van der Waals surface area (Å²) in [6.45, 7) is 2.09. The Hall–Kier alpha value is -3.71. The van der Waals surface area contributed by atoms with Gasteiger partial charge in [-0.05, 0) is 41.8 Å². The van der Waals surface area contributed by atoms with E-state index in [4.69, 9.17) is 4.52 Å². The van der Waals surface area contributed by atoms with E-state index in [1.54, 1.807) is 60.7 Å². The number of anilines is 1. The number of hydrogen-bond acceptors (Lipinski definition) is 5. The zero-order chi connectivity index (χ0) is 22.6. The Morgan fingerprint density at radius 2 is 1.56 bits per heavy atom. The summed E-state index contributed by atoms with van der Waals surface area (Å²) in [6, 6.07) is 24.4. The molecule has 1 N–H and O–H groups in total. The maximum atomic E-state index is 12.5. The quantitative estimate of drug-likeness (QED) is 0.425. The Bertz CT molecular complexity index is 1310. The SMILES string of the molecule is CCc1ccc(-c2cc(NC(=O)c3ccc(CS(=O)(=O)c4ccccc4)cc3)on2)cc1. The largest absolute Gasteiger partial charge is 0.338 e. The third-order valence-electron chi connectivity index (χ3n) is 5.08. The molecule has 0 fully saturated rings. The fraction of sp³-hybridized carbons (Fsp3) is 0.120. The van der Waals surface area contributed by atoms with Crippen LogP contribution in [0, 0.1) is 0 Å². The molecule has 3 aromatic carbocycles. The van der Waals surface area contributed by atoms with E-state index < -0.39 is 9.84 Å². The van der Waals surface area contributed by atoms with Gasteiger partial charge in [0.1, 0.15) is 5.69 Å². The Labute approximate surface area is 186 Å². The Balaban J connectivity index is 1.41. The van der Waals surface area contributed by atoms with Gasteiger partial charge in [0.05, 0.1) is 10.6 Å². The molecule has 0 aliphatic carbocycles. The lowest BCUT2D eigenvalue weighted by Crippen LogP contribution is -2.11. The number of carbonyl (C=O) groups is 1. The summed E-state index contributed by atoms with van der Waals surface area (Å²) in [5, 5.41) is 6.69. The second-order valence-corrected chi connectivity index (χ2v) is 9.34. The maximum absolute atomic E-state index is 12.5. The van der Waals surface area contributed by atoms with Gasteiger partial charge in [-0.1, -0.05) is 66.7 Å². The molecule has 1 heterocycles. The minimum atomic E-state index is -3.45. The normalized spacial score (nSPS) is 11.3. The summed E-state index contributed by atoms with van der Waals surface area (Å²) in [4.78, 5) is 12.8. The van der Waals surface area contributed by atoms with Gasteiger partial charge in [0.25, 0.3) is 5.91 Å². The Morgan fingerprint density at radius 1 is 0.906 bits per heavy atom. The second kappa shape index (κ2) is 9.20. The first-order valence-electron chi connectivity index (χ1n) is 10.2. The smallest absolute Gasteiger partial charge is 0.258 e.